The van der Waals surface area contributed by atoms with Crippen LogP contribution in [0, 0.1) is 0 Å². The summed E-state index contributed by atoms with van der Waals surface area (Å²) in [4.78, 5) is 8.58. The Bertz CT molecular complexity index is 414. The molecule has 5 heteroatoms. The van der Waals surface area contributed by atoms with Crippen molar-refractivity contribution in [3.05, 3.63) is 10.6 Å². The van der Waals surface area contributed by atoms with Gasteiger partial charge in [-0.25, -0.2) is 4.98 Å². The predicted molar refractivity (Wildman–Crippen MR) is 78.0 cm³/mol. The number of hydrogen-bond donors (Lipinski definition) is 1. The van der Waals surface area contributed by atoms with E-state index in [0.717, 1.165) is 28.7 Å². The molecule has 1 aliphatic heterocycles. The fraction of sp³-hybridized carbons (Fsp3) is 0.667. The summed E-state index contributed by atoms with van der Waals surface area (Å²) >= 11 is 6.74. The second-order valence-corrected chi connectivity index (χ2v) is 5.95. The Morgan fingerprint density at radius 2 is 2.35 bits per heavy atom. The van der Waals surface area contributed by atoms with E-state index in [-0.39, 0.29) is 0 Å². The smallest absolute Gasteiger partial charge is 0.186 e. The van der Waals surface area contributed by atoms with Gasteiger partial charge in [0.05, 0.1) is 10.6 Å². The molecule has 0 aliphatic carbocycles. The number of nitrogens with zero attached hydrogens (tertiary/aromatic N) is 2. The Kier molecular flexibility index (Phi) is 3.99. The maximum Gasteiger partial charge on any atom is 0.186 e. The van der Waals surface area contributed by atoms with Gasteiger partial charge < -0.3 is 10.6 Å². The van der Waals surface area contributed by atoms with E-state index in [1.165, 1.54) is 19.3 Å². The van der Waals surface area contributed by atoms with Crippen LogP contribution in [0.1, 0.15) is 43.7 Å². The molecule has 94 valence electrons. The van der Waals surface area contributed by atoms with E-state index in [1.54, 1.807) is 11.3 Å². The molecule has 1 aliphatic rings. The second-order valence-electron chi connectivity index (χ2n) is 4.53. The SMILES string of the molecule is CCc1nc(N2CCCCC2C)sc1C(N)=S. The number of aryl methyl sites for hydroxylation is 1. The van der Waals surface area contributed by atoms with Crippen LogP contribution in [0.15, 0.2) is 0 Å². The molecule has 3 nitrogen and oxygen atoms in total. The lowest BCUT2D eigenvalue weighted by Gasteiger charge is -2.33. The van der Waals surface area contributed by atoms with Crippen molar-refractivity contribution in [3.8, 4) is 0 Å². The average molecular weight is 269 g/mol. The molecule has 2 N–H and O–H groups in total. The van der Waals surface area contributed by atoms with Gasteiger partial charge in [0.25, 0.3) is 0 Å². The molecule has 0 bridgehead atoms. The summed E-state index contributed by atoms with van der Waals surface area (Å²) in [5.41, 5.74) is 6.80. The highest BCUT2D eigenvalue weighted by Crippen LogP contribution is 2.31. The Morgan fingerprint density at radius 1 is 1.59 bits per heavy atom. The standard InChI is InChI=1S/C12H19N3S2/c1-3-9-10(11(13)16)17-12(14-9)15-7-5-4-6-8(15)2/h8H,3-7H2,1-2H3,(H2,13,16). The number of piperidine rings is 1. The lowest BCUT2D eigenvalue weighted by molar-refractivity contribution is 0.484. The lowest BCUT2D eigenvalue weighted by atomic mass is 10.1. The number of anilines is 1. The minimum absolute atomic E-state index is 0.482. The molecule has 1 aromatic heterocycles. The van der Waals surface area contributed by atoms with E-state index in [0.29, 0.717) is 11.0 Å². The van der Waals surface area contributed by atoms with Gasteiger partial charge in [-0.15, -0.1) is 0 Å². The maximum absolute atomic E-state index is 5.75. The zero-order valence-electron chi connectivity index (χ0n) is 10.4. The summed E-state index contributed by atoms with van der Waals surface area (Å²) in [6.45, 7) is 5.47. The summed E-state index contributed by atoms with van der Waals surface area (Å²) in [5.74, 6) is 0. The minimum Gasteiger partial charge on any atom is -0.389 e. The molecule has 1 aromatic rings. The van der Waals surface area contributed by atoms with Gasteiger partial charge in [-0.1, -0.05) is 30.5 Å². The van der Waals surface area contributed by atoms with Crippen LogP contribution in [0.2, 0.25) is 0 Å². The molecule has 1 unspecified atom stereocenters. The van der Waals surface area contributed by atoms with Crippen molar-refractivity contribution in [2.75, 3.05) is 11.4 Å². The first-order valence-electron chi connectivity index (χ1n) is 6.19. The van der Waals surface area contributed by atoms with E-state index >= 15 is 0 Å². The Balaban J connectivity index is 2.29. The minimum atomic E-state index is 0.482. The zero-order chi connectivity index (χ0) is 12.4. The van der Waals surface area contributed by atoms with Crippen LogP contribution in [0.25, 0.3) is 0 Å². The van der Waals surface area contributed by atoms with Crippen LogP contribution >= 0.6 is 23.6 Å². The van der Waals surface area contributed by atoms with Crippen molar-refractivity contribution in [2.24, 2.45) is 5.73 Å². The molecular formula is C12H19N3S2. The monoisotopic (exact) mass is 269 g/mol. The van der Waals surface area contributed by atoms with E-state index < -0.39 is 0 Å². The van der Waals surface area contributed by atoms with Crippen LogP contribution in [0.5, 0.6) is 0 Å². The summed E-state index contributed by atoms with van der Waals surface area (Å²) in [5, 5.41) is 1.09. The molecule has 0 spiro atoms. The third-order valence-electron chi connectivity index (χ3n) is 3.29. The molecule has 0 radical (unpaired) electrons. The fourth-order valence-electron chi connectivity index (χ4n) is 2.28. The highest BCUT2D eigenvalue weighted by Gasteiger charge is 2.23. The third kappa shape index (κ3) is 2.60. The largest absolute Gasteiger partial charge is 0.389 e. The van der Waals surface area contributed by atoms with Crippen molar-refractivity contribution < 1.29 is 0 Å². The Morgan fingerprint density at radius 3 is 2.88 bits per heavy atom. The Hall–Kier alpha value is -0.680. The summed E-state index contributed by atoms with van der Waals surface area (Å²) < 4.78 is 0. The zero-order valence-corrected chi connectivity index (χ0v) is 12.0. The van der Waals surface area contributed by atoms with Crippen LogP contribution in [-0.4, -0.2) is 22.6 Å². The number of hydrogen-bond acceptors (Lipinski definition) is 4. The van der Waals surface area contributed by atoms with Crippen LogP contribution in [0.4, 0.5) is 5.13 Å². The molecule has 1 saturated heterocycles. The van der Waals surface area contributed by atoms with Crippen molar-refractivity contribution in [3.63, 3.8) is 0 Å². The number of rotatable bonds is 3. The normalized spacial score (nSPS) is 20.6. The van der Waals surface area contributed by atoms with Crippen molar-refractivity contribution in [1.82, 2.24) is 4.98 Å². The first-order valence-corrected chi connectivity index (χ1v) is 7.42. The van der Waals surface area contributed by atoms with Gasteiger partial charge in [-0.05, 0) is 32.6 Å². The van der Waals surface area contributed by atoms with Gasteiger partial charge in [0.2, 0.25) is 0 Å². The second kappa shape index (κ2) is 5.31. The van der Waals surface area contributed by atoms with Gasteiger partial charge in [0.15, 0.2) is 5.13 Å². The van der Waals surface area contributed by atoms with Crippen LogP contribution < -0.4 is 10.6 Å². The first-order chi connectivity index (χ1) is 8.13. The molecule has 1 atom stereocenters. The Labute approximate surface area is 112 Å². The van der Waals surface area contributed by atoms with Crippen LogP contribution in [0.3, 0.4) is 0 Å². The average Bonchev–Trinajstić information content (AvgIpc) is 2.73. The lowest BCUT2D eigenvalue weighted by Crippen LogP contribution is -2.37. The van der Waals surface area contributed by atoms with Crippen LogP contribution in [-0.2, 0) is 6.42 Å². The van der Waals surface area contributed by atoms with Gasteiger partial charge in [-0.3, -0.25) is 0 Å². The van der Waals surface area contributed by atoms with Gasteiger partial charge in [-0.2, -0.15) is 0 Å². The van der Waals surface area contributed by atoms with Crippen molar-refractivity contribution >= 4 is 33.7 Å². The molecule has 2 rings (SSSR count). The molecule has 1 fully saturated rings. The number of aromatic nitrogens is 1. The topological polar surface area (TPSA) is 42.2 Å². The third-order valence-corrected chi connectivity index (χ3v) is 4.79. The van der Waals surface area contributed by atoms with E-state index in [9.17, 15) is 0 Å². The molecule has 0 aromatic carbocycles. The summed E-state index contributed by atoms with van der Waals surface area (Å²) in [6.07, 6.45) is 4.73. The van der Waals surface area contributed by atoms with Gasteiger partial charge >= 0.3 is 0 Å². The molecular weight excluding hydrogens is 250 g/mol. The van der Waals surface area contributed by atoms with Gasteiger partial charge in [0.1, 0.15) is 4.99 Å². The molecule has 2 heterocycles. The van der Waals surface area contributed by atoms with Gasteiger partial charge in [0, 0.05) is 12.6 Å². The van der Waals surface area contributed by atoms with E-state index in [4.69, 9.17) is 22.9 Å². The highest BCUT2D eigenvalue weighted by molar-refractivity contribution is 7.81. The maximum atomic E-state index is 5.75. The number of nitrogens with two attached hydrogens (primary N) is 1. The molecule has 0 amide bonds. The van der Waals surface area contributed by atoms with E-state index in [2.05, 4.69) is 18.7 Å². The predicted octanol–water partition coefficient (Wildman–Crippen LogP) is 2.72. The summed E-state index contributed by atoms with van der Waals surface area (Å²) in [7, 11) is 0. The number of thiocarbonyl (C=S) groups is 1. The molecule has 17 heavy (non-hydrogen) atoms. The van der Waals surface area contributed by atoms with E-state index in [1.807, 2.05) is 0 Å². The summed E-state index contributed by atoms with van der Waals surface area (Å²) in [6, 6.07) is 0.582. The number of thiazole rings is 1. The van der Waals surface area contributed by atoms with Crippen molar-refractivity contribution in [1.29, 1.82) is 0 Å². The first kappa shape index (κ1) is 12.8. The quantitative estimate of drug-likeness (QED) is 0.857. The van der Waals surface area contributed by atoms with Crippen molar-refractivity contribution in [2.45, 2.75) is 45.6 Å². The fourth-order valence-corrected chi connectivity index (χ4v) is 3.65. The highest BCUT2D eigenvalue weighted by atomic mass is 32.1. The molecule has 0 saturated carbocycles.